The number of likely N-dealkylation sites (tertiary alicyclic amines) is 1. The highest BCUT2D eigenvalue weighted by molar-refractivity contribution is 6.30. The third-order valence-electron chi connectivity index (χ3n) is 4.19. The number of amides is 1. The molecular weight excluding hydrogens is 284 g/mol. The molecule has 0 radical (unpaired) electrons. The van der Waals surface area contributed by atoms with Crippen molar-refractivity contribution in [2.75, 3.05) is 26.2 Å². The fourth-order valence-corrected chi connectivity index (χ4v) is 2.92. The first-order valence-corrected chi connectivity index (χ1v) is 8.29. The van der Waals surface area contributed by atoms with Gasteiger partial charge in [0.1, 0.15) is 0 Å². The molecule has 0 aliphatic carbocycles. The molecule has 0 atom stereocenters. The standard InChI is InChI=1S/C17H25ClN2O/c1-2-19-13-15-9-11-20(12-10-15)17(21)8-5-14-3-6-16(18)7-4-14/h3-4,6-7,15,19H,2,5,8-13H2,1H3. The van der Waals surface area contributed by atoms with E-state index in [-0.39, 0.29) is 5.91 Å². The summed E-state index contributed by atoms with van der Waals surface area (Å²) in [5.74, 6) is 1.01. The van der Waals surface area contributed by atoms with E-state index < -0.39 is 0 Å². The summed E-state index contributed by atoms with van der Waals surface area (Å²) in [6.45, 7) is 6.07. The van der Waals surface area contributed by atoms with Gasteiger partial charge in [-0.3, -0.25) is 4.79 Å². The van der Waals surface area contributed by atoms with Crippen LogP contribution in [-0.2, 0) is 11.2 Å². The summed E-state index contributed by atoms with van der Waals surface area (Å²) in [5.41, 5.74) is 1.18. The van der Waals surface area contributed by atoms with Gasteiger partial charge in [-0.2, -0.15) is 0 Å². The Bertz CT molecular complexity index is 439. The number of carbonyl (C=O) groups excluding carboxylic acids is 1. The van der Waals surface area contributed by atoms with Crippen LogP contribution in [0.4, 0.5) is 0 Å². The lowest BCUT2D eigenvalue weighted by Crippen LogP contribution is -2.40. The smallest absolute Gasteiger partial charge is 0.222 e. The van der Waals surface area contributed by atoms with E-state index >= 15 is 0 Å². The zero-order chi connectivity index (χ0) is 15.1. The number of aryl methyl sites for hydroxylation is 1. The van der Waals surface area contributed by atoms with Gasteiger partial charge < -0.3 is 10.2 Å². The van der Waals surface area contributed by atoms with Gasteiger partial charge in [0.15, 0.2) is 0 Å². The zero-order valence-corrected chi connectivity index (χ0v) is 13.5. The molecule has 4 heteroatoms. The Labute approximate surface area is 132 Å². The Balaban J connectivity index is 1.71. The third kappa shape index (κ3) is 5.33. The van der Waals surface area contributed by atoms with E-state index in [9.17, 15) is 4.79 Å². The van der Waals surface area contributed by atoms with Crippen LogP contribution in [0.2, 0.25) is 5.02 Å². The molecular formula is C17H25ClN2O. The molecule has 1 aromatic carbocycles. The van der Waals surface area contributed by atoms with E-state index in [0.29, 0.717) is 6.42 Å². The van der Waals surface area contributed by atoms with Gasteiger partial charge in [-0.15, -0.1) is 0 Å². The first-order chi connectivity index (χ1) is 10.2. The predicted molar refractivity (Wildman–Crippen MR) is 87.6 cm³/mol. The number of halogens is 1. The Morgan fingerprint density at radius 1 is 1.29 bits per heavy atom. The lowest BCUT2D eigenvalue weighted by molar-refractivity contribution is -0.132. The van der Waals surface area contributed by atoms with E-state index in [1.807, 2.05) is 29.2 Å². The molecule has 1 amide bonds. The first-order valence-electron chi connectivity index (χ1n) is 7.92. The Morgan fingerprint density at radius 2 is 1.95 bits per heavy atom. The molecule has 0 unspecified atom stereocenters. The summed E-state index contributed by atoms with van der Waals surface area (Å²) in [6, 6.07) is 7.76. The van der Waals surface area contributed by atoms with Crippen molar-refractivity contribution >= 4 is 17.5 Å². The third-order valence-corrected chi connectivity index (χ3v) is 4.44. The molecule has 2 rings (SSSR count). The fourth-order valence-electron chi connectivity index (χ4n) is 2.80. The molecule has 1 saturated heterocycles. The number of hydrogen-bond acceptors (Lipinski definition) is 2. The molecule has 1 aliphatic rings. The largest absolute Gasteiger partial charge is 0.343 e. The van der Waals surface area contributed by atoms with Crippen molar-refractivity contribution in [3.05, 3.63) is 34.9 Å². The maximum absolute atomic E-state index is 12.2. The molecule has 116 valence electrons. The fraction of sp³-hybridized carbons (Fsp3) is 0.588. The number of rotatable bonds is 6. The maximum atomic E-state index is 12.2. The molecule has 0 saturated carbocycles. The van der Waals surface area contributed by atoms with Crippen LogP contribution in [0.1, 0.15) is 31.7 Å². The summed E-state index contributed by atoms with van der Waals surface area (Å²) >= 11 is 5.87. The van der Waals surface area contributed by atoms with Crippen LogP contribution in [0.3, 0.4) is 0 Å². The van der Waals surface area contributed by atoms with E-state index in [4.69, 9.17) is 11.6 Å². The topological polar surface area (TPSA) is 32.3 Å². The molecule has 1 heterocycles. The van der Waals surface area contributed by atoms with Gasteiger partial charge in [-0.25, -0.2) is 0 Å². The summed E-state index contributed by atoms with van der Waals surface area (Å²) < 4.78 is 0. The summed E-state index contributed by atoms with van der Waals surface area (Å²) in [7, 11) is 0. The average molecular weight is 309 g/mol. The lowest BCUT2D eigenvalue weighted by atomic mass is 9.96. The van der Waals surface area contributed by atoms with Crippen LogP contribution >= 0.6 is 11.6 Å². The van der Waals surface area contributed by atoms with Gasteiger partial charge in [0.25, 0.3) is 0 Å². The van der Waals surface area contributed by atoms with Gasteiger partial charge in [-0.05, 0) is 56.0 Å². The van der Waals surface area contributed by atoms with Gasteiger partial charge in [0, 0.05) is 24.5 Å². The second-order valence-electron chi connectivity index (χ2n) is 5.76. The minimum absolute atomic E-state index is 0.284. The molecule has 1 fully saturated rings. The molecule has 0 bridgehead atoms. The number of nitrogens with one attached hydrogen (secondary N) is 1. The Hall–Kier alpha value is -1.06. The highest BCUT2D eigenvalue weighted by atomic mass is 35.5. The average Bonchev–Trinajstić information content (AvgIpc) is 2.52. The van der Waals surface area contributed by atoms with Crippen molar-refractivity contribution < 1.29 is 4.79 Å². The molecule has 1 aliphatic heterocycles. The van der Waals surface area contributed by atoms with Crippen LogP contribution in [-0.4, -0.2) is 37.0 Å². The Morgan fingerprint density at radius 3 is 2.57 bits per heavy atom. The summed E-state index contributed by atoms with van der Waals surface area (Å²) in [5, 5.41) is 4.14. The van der Waals surface area contributed by atoms with Crippen LogP contribution in [0.25, 0.3) is 0 Å². The van der Waals surface area contributed by atoms with Crippen LogP contribution in [0.5, 0.6) is 0 Å². The van der Waals surface area contributed by atoms with Gasteiger partial charge in [0.2, 0.25) is 5.91 Å². The molecule has 0 aromatic heterocycles. The molecule has 1 N–H and O–H groups in total. The lowest BCUT2D eigenvalue weighted by Gasteiger charge is -2.32. The van der Waals surface area contributed by atoms with E-state index in [0.717, 1.165) is 56.4 Å². The number of benzene rings is 1. The minimum atomic E-state index is 0.284. The second-order valence-corrected chi connectivity index (χ2v) is 6.19. The number of piperidine rings is 1. The maximum Gasteiger partial charge on any atom is 0.222 e. The highest BCUT2D eigenvalue weighted by Gasteiger charge is 2.22. The zero-order valence-electron chi connectivity index (χ0n) is 12.8. The first kappa shape index (κ1) is 16.3. The molecule has 21 heavy (non-hydrogen) atoms. The Kier molecular flexibility index (Phi) is 6.52. The van der Waals surface area contributed by atoms with Crippen molar-refractivity contribution in [1.82, 2.24) is 10.2 Å². The van der Waals surface area contributed by atoms with E-state index in [1.165, 1.54) is 5.56 Å². The minimum Gasteiger partial charge on any atom is -0.343 e. The van der Waals surface area contributed by atoms with Crippen molar-refractivity contribution in [1.29, 1.82) is 0 Å². The monoisotopic (exact) mass is 308 g/mol. The highest BCUT2D eigenvalue weighted by Crippen LogP contribution is 2.18. The quantitative estimate of drug-likeness (QED) is 0.875. The summed E-state index contributed by atoms with van der Waals surface area (Å²) in [4.78, 5) is 14.3. The number of hydrogen-bond donors (Lipinski definition) is 1. The van der Waals surface area contributed by atoms with Crippen LogP contribution in [0, 0.1) is 5.92 Å². The van der Waals surface area contributed by atoms with Gasteiger partial charge in [0.05, 0.1) is 0 Å². The van der Waals surface area contributed by atoms with Gasteiger partial charge in [-0.1, -0.05) is 30.7 Å². The molecule has 3 nitrogen and oxygen atoms in total. The predicted octanol–water partition coefficient (Wildman–Crippen LogP) is 3.12. The van der Waals surface area contributed by atoms with Gasteiger partial charge >= 0.3 is 0 Å². The second kappa shape index (κ2) is 8.40. The van der Waals surface area contributed by atoms with E-state index in [2.05, 4.69) is 12.2 Å². The van der Waals surface area contributed by atoms with Crippen LogP contribution in [0.15, 0.2) is 24.3 Å². The number of nitrogens with zero attached hydrogens (tertiary/aromatic N) is 1. The van der Waals surface area contributed by atoms with Crippen molar-refractivity contribution in [3.8, 4) is 0 Å². The van der Waals surface area contributed by atoms with Crippen LogP contribution < -0.4 is 5.32 Å². The van der Waals surface area contributed by atoms with Crippen molar-refractivity contribution in [2.45, 2.75) is 32.6 Å². The van der Waals surface area contributed by atoms with Crippen molar-refractivity contribution in [3.63, 3.8) is 0 Å². The molecule has 1 aromatic rings. The summed E-state index contributed by atoms with van der Waals surface area (Å²) in [6.07, 6.45) is 3.65. The molecule has 0 spiro atoms. The normalized spacial score (nSPS) is 16.2. The number of carbonyl (C=O) groups is 1. The van der Waals surface area contributed by atoms with E-state index in [1.54, 1.807) is 0 Å². The van der Waals surface area contributed by atoms with Crippen molar-refractivity contribution in [2.24, 2.45) is 5.92 Å². The SMILES string of the molecule is CCNCC1CCN(C(=O)CCc2ccc(Cl)cc2)CC1.